The molecule has 0 atom stereocenters. The van der Waals surface area contributed by atoms with Crippen LogP contribution in [0.4, 0.5) is 0 Å². The Bertz CT molecular complexity index is 1260. The molecule has 2 heterocycles. The van der Waals surface area contributed by atoms with E-state index in [1.165, 1.54) is 0 Å². The van der Waals surface area contributed by atoms with Gasteiger partial charge in [0, 0.05) is 5.56 Å². The van der Waals surface area contributed by atoms with Gasteiger partial charge in [0.05, 0.1) is 17.3 Å². The molecule has 4 heteroatoms. The smallest absolute Gasteiger partial charge is 0.257 e. The quantitative estimate of drug-likeness (QED) is 0.405. The van der Waals surface area contributed by atoms with Gasteiger partial charge in [-0.25, -0.2) is 0 Å². The summed E-state index contributed by atoms with van der Waals surface area (Å²) in [5.74, 6) is 0. The van der Waals surface area contributed by atoms with Crippen LogP contribution in [0, 0.1) is 0 Å². The first kappa shape index (κ1) is 17.0. The molecule has 0 aliphatic heterocycles. The summed E-state index contributed by atoms with van der Waals surface area (Å²) in [7, 11) is 0. The van der Waals surface area contributed by atoms with Crippen LogP contribution in [-0.2, 0) is 13.0 Å². The van der Waals surface area contributed by atoms with Crippen molar-refractivity contribution in [1.82, 2.24) is 4.57 Å². The summed E-state index contributed by atoms with van der Waals surface area (Å²) in [5, 5.41) is 0.954. The van der Waals surface area contributed by atoms with Crippen LogP contribution in [0.5, 0.6) is 0 Å². The molecule has 2 aromatic carbocycles. The van der Waals surface area contributed by atoms with Crippen molar-refractivity contribution < 1.29 is 4.42 Å². The molecule has 4 aromatic rings. The number of hydrogen-bond donors (Lipinski definition) is 0. The van der Waals surface area contributed by atoms with E-state index in [9.17, 15) is 9.59 Å². The fourth-order valence-corrected chi connectivity index (χ4v) is 3.27. The van der Waals surface area contributed by atoms with E-state index >= 15 is 0 Å². The summed E-state index contributed by atoms with van der Waals surface area (Å²) in [6, 6.07) is 18.5. The van der Waals surface area contributed by atoms with E-state index in [0.29, 0.717) is 40.6 Å². The Labute approximate surface area is 156 Å². The molecule has 27 heavy (non-hydrogen) atoms. The van der Waals surface area contributed by atoms with Gasteiger partial charge in [0.25, 0.3) is 5.56 Å². The Balaban J connectivity index is 2.06. The lowest BCUT2D eigenvalue weighted by Crippen LogP contribution is -2.26. The number of allylic oxidation sites excluding steroid dienone is 2. The molecule has 0 saturated carbocycles. The number of hydrogen-bond acceptors (Lipinski definition) is 3. The SMILES string of the molecule is C/C=C/Cc1cc2c(=O)c3ccccc3oc2n(Cc2ccccc2)c1=O. The number of pyridine rings is 1. The summed E-state index contributed by atoms with van der Waals surface area (Å²) in [6.07, 6.45) is 4.29. The zero-order valence-corrected chi connectivity index (χ0v) is 15.0. The molecule has 0 amide bonds. The van der Waals surface area contributed by atoms with Crippen molar-refractivity contribution >= 4 is 22.1 Å². The molecule has 0 radical (unpaired) electrons. The summed E-state index contributed by atoms with van der Waals surface area (Å²) in [5.41, 5.74) is 2.10. The van der Waals surface area contributed by atoms with Gasteiger partial charge in [-0.1, -0.05) is 54.6 Å². The minimum atomic E-state index is -0.136. The van der Waals surface area contributed by atoms with Crippen molar-refractivity contribution in [2.24, 2.45) is 0 Å². The highest BCUT2D eigenvalue weighted by atomic mass is 16.3. The van der Waals surface area contributed by atoms with Gasteiger partial charge in [-0.05, 0) is 37.1 Å². The second-order valence-electron chi connectivity index (χ2n) is 6.47. The van der Waals surface area contributed by atoms with Gasteiger partial charge in [0.15, 0.2) is 0 Å². The number of aromatic nitrogens is 1. The third kappa shape index (κ3) is 3.10. The zero-order chi connectivity index (χ0) is 18.8. The molecule has 0 bridgehead atoms. The van der Waals surface area contributed by atoms with Crippen molar-refractivity contribution in [2.45, 2.75) is 19.9 Å². The fourth-order valence-electron chi connectivity index (χ4n) is 3.27. The van der Waals surface area contributed by atoms with Crippen LogP contribution in [0.25, 0.3) is 22.1 Å². The Hall–Kier alpha value is -3.40. The van der Waals surface area contributed by atoms with Gasteiger partial charge in [-0.3, -0.25) is 14.2 Å². The van der Waals surface area contributed by atoms with Crippen LogP contribution < -0.4 is 11.0 Å². The highest BCUT2D eigenvalue weighted by Gasteiger charge is 2.15. The Kier molecular flexibility index (Phi) is 4.47. The second kappa shape index (κ2) is 7.08. The Morgan fingerprint density at radius 1 is 0.963 bits per heavy atom. The van der Waals surface area contributed by atoms with Gasteiger partial charge >= 0.3 is 0 Å². The molecule has 4 nitrogen and oxygen atoms in total. The second-order valence-corrected chi connectivity index (χ2v) is 6.47. The normalized spacial score (nSPS) is 11.6. The third-order valence-corrected chi connectivity index (χ3v) is 4.65. The maximum absolute atomic E-state index is 13.1. The summed E-state index contributed by atoms with van der Waals surface area (Å²) < 4.78 is 7.58. The molecule has 4 rings (SSSR count). The molecule has 0 N–H and O–H groups in total. The Morgan fingerprint density at radius 3 is 2.48 bits per heavy atom. The van der Waals surface area contributed by atoms with Crippen LogP contribution in [0.2, 0.25) is 0 Å². The van der Waals surface area contributed by atoms with Gasteiger partial charge in [-0.15, -0.1) is 0 Å². The topological polar surface area (TPSA) is 52.2 Å². The minimum absolute atomic E-state index is 0.115. The molecule has 0 unspecified atom stereocenters. The lowest BCUT2D eigenvalue weighted by molar-refractivity contribution is 0.595. The first-order chi connectivity index (χ1) is 13.2. The number of benzene rings is 2. The molecule has 0 aliphatic rings. The molecule has 134 valence electrons. The van der Waals surface area contributed by atoms with Gasteiger partial charge in [0.1, 0.15) is 5.58 Å². The number of para-hydroxylation sites is 1. The standard InChI is InChI=1S/C23H19NO3/c1-2-3-11-17-14-19-21(25)18-12-7-8-13-20(18)27-23(19)24(22(17)26)15-16-9-5-4-6-10-16/h2-10,12-14H,11,15H2,1H3/b3-2+. The average Bonchev–Trinajstić information content (AvgIpc) is 2.70. The van der Waals surface area contributed by atoms with E-state index in [1.807, 2.05) is 61.5 Å². The van der Waals surface area contributed by atoms with Gasteiger partial charge in [0.2, 0.25) is 11.1 Å². The fraction of sp³-hybridized carbons (Fsp3) is 0.130. The minimum Gasteiger partial charge on any atom is -0.439 e. The van der Waals surface area contributed by atoms with Gasteiger partial charge < -0.3 is 4.42 Å². The van der Waals surface area contributed by atoms with E-state index in [0.717, 1.165) is 5.56 Å². The zero-order valence-electron chi connectivity index (χ0n) is 15.0. The van der Waals surface area contributed by atoms with Crippen LogP contribution in [-0.4, -0.2) is 4.57 Å². The van der Waals surface area contributed by atoms with Crippen molar-refractivity contribution in [3.8, 4) is 0 Å². The maximum Gasteiger partial charge on any atom is 0.257 e. The van der Waals surface area contributed by atoms with Crippen molar-refractivity contribution in [2.75, 3.05) is 0 Å². The van der Waals surface area contributed by atoms with Crippen molar-refractivity contribution in [1.29, 1.82) is 0 Å². The first-order valence-electron chi connectivity index (χ1n) is 8.92. The van der Waals surface area contributed by atoms with Gasteiger partial charge in [-0.2, -0.15) is 0 Å². The average molecular weight is 357 g/mol. The predicted molar refractivity (Wildman–Crippen MR) is 108 cm³/mol. The van der Waals surface area contributed by atoms with Crippen molar-refractivity contribution in [3.63, 3.8) is 0 Å². The molecule has 0 saturated heterocycles. The summed E-state index contributed by atoms with van der Waals surface area (Å²) in [4.78, 5) is 26.1. The molecule has 2 aromatic heterocycles. The highest BCUT2D eigenvalue weighted by molar-refractivity contribution is 5.88. The number of nitrogens with zero attached hydrogens (tertiary/aromatic N) is 1. The predicted octanol–water partition coefficient (Wildman–Crippen LogP) is 4.27. The highest BCUT2D eigenvalue weighted by Crippen LogP contribution is 2.19. The van der Waals surface area contributed by atoms with E-state index in [4.69, 9.17) is 4.42 Å². The molecular formula is C23H19NO3. The number of fused-ring (bicyclic) bond motifs is 2. The first-order valence-corrected chi connectivity index (χ1v) is 8.92. The molecule has 0 fully saturated rings. The summed E-state index contributed by atoms with van der Waals surface area (Å²) >= 11 is 0. The maximum atomic E-state index is 13.1. The van der Waals surface area contributed by atoms with E-state index < -0.39 is 0 Å². The molecule has 0 spiro atoms. The van der Waals surface area contributed by atoms with Crippen LogP contribution in [0.1, 0.15) is 18.1 Å². The third-order valence-electron chi connectivity index (χ3n) is 4.65. The Morgan fingerprint density at radius 2 is 1.70 bits per heavy atom. The van der Waals surface area contributed by atoms with Crippen molar-refractivity contribution in [3.05, 3.63) is 105 Å². The largest absolute Gasteiger partial charge is 0.439 e. The molecular weight excluding hydrogens is 338 g/mol. The van der Waals surface area contributed by atoms with E-state index in [2.05, 4.69) is 0 Å². The van der Waals surface area contributed by atoms with Crippen LogP contribution in [0.15, 0.2) is 86.8 Å². The lowest BCUT2D eigenvalue weighted by Gasteiger charge is -2.12. The molecule has 0 aliphatic carbocycles. The van der Waals surface area contributed by atoms with E-state index in [-0.39, 0.29) is 11.0 Å². The van der Waals surface area contributed by atoms with Crippen LogP contribution in [0.3, 0.4) is 0 Å². The monoisotopic (exact) mass is 357 g/mol. The van der Waals surface area contributed by atoms with E-state index in [1.54, 1.807) is 22.8 Å². The lowest BCUT2D eigenvalue weighted by atomic mass is 10.1. The summed E-state index contributed by atoms with van der Waals surface area (Å²) in [6.45, 7) is 2.26. The number of rotatable bonds is 4. The van der Waals surface area contributed by atoms with Crippen LogP contribution >= 0.6 is 0 Å².